The Labute approximate surface area is 625 Å². The average molecular weight is 1500 g/mol. The van der Waals surface area contributed by atoms with Crippen molar-refractivity contribution in [1.82, 2.24) is 42.3 Å². The number of rotatable bonds is 24. The highest BCUT2D eigenvalue weighted by Crippen LogP contribution is 2.33. The van der Waals surface area contributed by atoms with Gasteiger partial charge in [-0.3, -0.25) is 14.0 Å². The van der Waals surface area contributed by atoms with Crippen LogP contribution in [0.1, 0.15) is 107 Å². The van der Waals surface area contributed by atoms with E-state index >= 15 is 0 Å². The minimum atomic E-state index is -3.61. The van der Waals surface area contributed by atoms with Crippen LogP contribution in [0, 0.1) is 41.5 Å². The number of nitrogens with zero attached hydrogens (tertiary/aromatic N) is 9. The molecule has 3 aliphatic rings. The fourth-order valence-electron chi connectivity index (χ4n) is 13.0. The molecule has 6 heterocycles. The third-order valence-electron chi connectivity index (χ3n) is 18.9. The van der Waals surface area contributed by atoms with Crippen LogP contribution in [0.3, 0.4) is 0 Å². The Morgan fingerprint density at radius 2 is 0.830 bits per heavy atom. The maximum Gasteiger partial charge on any atom is 0.243 e. The first-order valence-corrected chi connectivity index (χ1v) is 40.5. The van der Waals surface area contributed by atoms with E-state index in [-0.39, 0.29) is 12.0 Å². The second-order valence-electron chi connectivity index (χ2n) is 27.8. The van der Waals surface area contributed by atoms with E-state index in [0.29, 0.717) is 126 Å². The van der Waals surface area contributed by atoms with E-state index in [1.54, 1.807) is 25.3 Å². The zero-order valence-electron chi connectivity index (χ0n) is 62.7. The summed E-state index contributed by atoms with van der Waals surface area (Å²) < 4.78 is 111. The lowest BCUT2D eigenvalue weighted by molar-refractivity contribution is 0.0730. The number of methoxy groups -OCH3 is 1. The van der Waals surface area contributed by atoms with Gasteiger partial charge in [0.15, 0.2) is 0 Å². The molecular formula is C81H100N12O10S3. The van der Waals surface area contributed by atoms with Crippen LogP contribution in [-0.2, 0) is 77.0 Å². The lowest BCUT2D eigenvalue weighted by Gasteiger charge is -2.27. The number of hydrogen-bond acceptors (Lipinski definition) is 16. The van der Waals surface area contributed by atoms with E-state index in [1.165, 1.54) is 40.7 Å². The lowest BCUT2D eigenvalue weighted by atomic mass is 10.1. The monoisotopic (exact) mass is 1500 g/mol. The van der Waals surface area contributed by atoms with E-state index in [0.717, 1.165) is 84.4 Å². The summed E-state index contributed by atoms with van der Waals surface area (Å²) in [6.07, 6.45) is 6.19. The molecule has 0 aliphatic carbocycles. The first-order chi connectivity index (χ1) is 50.8. The smallest absolute Gasteiger partial charge is 0.243 e. The van der Waals surface area contributed by atoms with Crippen molar-refractivity contribution in [3.05, 3.63) is 237 Å². The van der Waals surface area contributed by atoms with E-state index in [9.17, 15) is 25.3 Å². The maximum atomic E-state index is 13.4. The third kappa shape index (κ3) is 19.6. The molecule has 3 saturated heterocycles. The van der Waals surface area contributed by atoms with Gasteiger partial charge in [-0.2, -0.15) is 28.2 Å². The van der Waals surface area contributed by atoms with Crippen LogP contribution >= 0.6 is 0 Å². The summed E-state index contributed by atoms with van der Waals surface area (Å²) in [6, 6.07) is 49.8. The highest BCUT2D eigenvalue weighted by atomic mass is 32.2. The highest BCUT2D eigenvalue weighted by Gasteiger charge is 2.31. The van der Waals surface area contributed by atoms with Crippen molar-refractivity contribution in [2.24, 2.45) is 0 Å². The molecule has 25 heteroatoms. The fourth-order valence-corrected chi connectivity index (χ4v) is 18.0. The Bertz CT molecular complexity index is 5000. The summed E-state index contributed by atoms with van der Waals surface area (Å²) in [5.74, 6) is 1.04. The molecule has 3 aromatic heterocycles. The highest BCUT2D eigenvalue weighted by molar-refractivity contribution is 7.89. The predicted molar refractivity (Wildman–Crippen MR) is 418 cm³/mol. The van der Waals surface area contributed by atoms with Crippen LogP contribution < -0.4 is 20.7 Å². The average Bonchev–Trinajstić information content (AvgIpc) is 1.38. The first kappa shape index (κ1) is 78.1. The second-order valence-corrected chi connectivity index (χ2v) is 33.5. The van der Waals surface area contributed by atoms with Crippen molar-refractivity contribution in [2.75, 3.05) is 102 Å². The molecule has 106 heavy (non-hydrogen) atoms. The minimum Gasteiger partial charge on any atom is -0.497 e. The predicted octanol–water partition coefficient (Wildman–Crippen LogP) is 13.5. The van der Waals surface area contributed by atoms with Gasteiger partial charge < -0.3 is 34.9 Å². The first-order valence-electron chi connectivity index (χ1n) is 36.1. The van der Waals surface area contributed by atoms with E-state index in [4.69, 9.17) is 34.2 Å². The maximum absolute atomic E-state index is 13.4. The molecule has 0 saturated carbocycles. The molecule has 0 bridgehead atoms. The number of hydrogen-bond donors (Lipinski definition) is 3. The minimum absolute atomic E-state index is 0.243. The van der Waals surface area contributed by atoms with Gasteiger partial charge in [0.05, 0.1) is 91.6 Å². The SMILES string of the molecule is COc1cccc(-c2nn(Cc3cccc(C)c3)cc2CNc2ccc(C)c(S(=O)(=O)N3CCOCC3)c2)c1.Cc1ccc(-c2nn(C(C)C)cc2CNc2ccc(C)c(S(=O)(=O)N3CCOCC3)c2)cc1.Cc1cccc(Cn2cc(CNc3ccc(C)c(S(=O)(=O)N4CCOCC4)c3)c(C(C)C)n2)c1. The number of sulfonamides is 3. The molecular weight excluding hydrogens is 1400 g/mol. The molecule has 0 unspecified atom stereocenters. The second kappa shape index (κ2) is 35.1. The standard InChI is InChI=1S/C30H34N4O4S.C26H34N4O3S.C25H32N4O3S/c1-22-6-4-7-24(16-22)20-33-21-26(30(32-33)25-8-5-9-28(17-25)37-3)19-31-27-11-10-23(2)29(18-27)39(35,36)34-12-14-38-15-13-34;1-19(2)26-23(18-29(28-26)17-22-7-5-6-20(3)14-22)16-27-24-9-8-21(4)25(15-24)34(31,32)30-10-12-33-13-11-30;1-18(2)29-17-22(25(27-29)21-8-5-19(3)6-9-21)16-26-23-10-7-20(4)24(15-23)33(30,31)28-11-13-32-14-12-28/h4-11,16-18,21,31H,12-15,19-20H2,1-3H3;5-9,14-15,18-19,27H,10-13,16-17H2,1-4H3;5-10,15,17-18,26H,11-14,16H2,1-4H3. The summed E-state index contributed by atoms with van der Waals surface area (Å²) in [6.45, 7) is 28.0. The zero-order valence-corrected chi connectivity index (χ0v) is 65.1. The Morgan fingerprint density at radius 1 is 0.425 bits per heavy atom. The largest absolute Gasteiger partial charge is 0.497 e. The van der Waals surface area contributed by atoms with E-state index in [2.05, 4.69) is 150 Å². The topological polar surface area (TPSA) is 239 Å². The number of ether oxygens (including phenoxy) is 4. The number of anilines is 3. The number of aromatic nitrogens is 6. The Hall–Kier alpha value is -9.02. The molecule has 3 fully saturated rings. The molecule has 0 radical (unpaired) electrons. The molecule has 0 spiro atoms. The van der Waals surface area contributed by atoms with Crippen LogP contribution in [0.4, 0.5) is 17.1 Å². The summed E-state index contributed by atoms with van der Waals surface area (Å²) in [5.41, 5.74) is 18.5. The number of benzene rings is 7. The Kier molecular flexibility index (Phi) is 25.9. The number of nitrogens with one attached hydrogen (secondary N) is 3. The molecule has 7 aromatic carbocycles. The number of aryl methyl sites for hydroxylation is 6. The van der Waals surface area contributed by atoms with Crippen LogP contribution in [0.2, 0.25) is 0 Å². The van der Waals surface area contributed by atoms with Crippen molar-refractivity contribution in [3.63, 3.8) is 0 Å². The van der Waals surface area contributed by atoms with Gasteiger partial charge >= 0.3 is 0 Å². The van der Waals surface area contributed by atoms with Gasteiger partial charge in [-0.05, 0) is 138 Å². The van der Waals surface area contributed by atoms with Gasteiger partial charge in [-0.15, -0.1) is 0 Å². The van der Waals surface area contributed by atoms with Gasteiger partial charge in [0.2, 0.25) is 30.1 Å². The van der Waals surface area contributed by atoms with Gasteiger partial charge in [0.1, 0.15) is 5.75 Å². The molecule has 0 amide bonds. The van der Waals surface area contributed by atoms with Crippen LogP contribution in [0.5, 0.6) is 5.75 Å². The molecule has 3 aliphatic heterocycles. The van der Waals surface area contributed by atoms with Crippen LogP contribution in [0.25, 0.3) is 22.5 Å². The van der Waals surface area contributed by atoms with Crippen molar-refractivity contribution < 1.29 is 44.2 Å². The molecule has 0 atom stereocenters. The molecule has 562 valence electrons. The lowest BCUT2D eigenvalue weighted by Crippen LogP contribution is -2.40. The van der Waals surface area contributed by atoms with Crippen LogP contribution in [0.15, 0.2) is 185 Å². The summed E-state index contributed by atoms with van der Waals surface area (Å²) in [4.78, 5) is 1.00. The van der Waals surface area contributed by atoms with Gasteiger partial charge in [0.25, 0.3) is 0 Å². The van der Waals surface area contributed by atoms with E-state index < -0.39 is 30.1 Å². The molecule has 13 rings (SSSR count). The molecule has 10 aromatic rings. The number of morpholine rings is 3. The third-order valence-corrected chi connectivity index (χ3v) is 25.0. The normalized spacial score (nSPS) is 14.8. The van der Waals surface area contributed by atoms with Crippen LogP contribution in [-0.4, -0.2) is 154 Å². The Morgan fingerprint density at radius 3 is 1.25 bits per heavy atom. The Balaban J connectivity index is 0.000000159. The summed E-state index contributed by atoms with van der Waals surface area (Å²) in [5, 5.41) is 24.9. The molecule has 3 N–H and O–H groups in total. The fraction of sp³-hybridized carbons (Fsp3) is 0.370. The van der Waals surface area contributed by atoms with Crippen molar-refractivity contribution in [1.29, 1.82) is 0 Å². The van der Waals surface area contributed by atoms with Crippen molar-refractivity contribution in [2.45, 2.75) is 129 Å². The quantitative estimate of drug-likeness (QED) is 0.0510. The molecule has 22 nitrogen and oxygen atoms in total. The summed E-state index contributed by atoms with van der Waals surface area (Å²) in [7, 11) is -9.08. The van der Waals surface area contributed by atoms with Crippen molar-refractivity contribution >= 4 is 47.1 Å². The van der Waals surface area contributed by atoms with Gasteiger partial charge in [0, 0.05) is 128 Å². The van der Waals surface area contributed by atoms with Crippen molar-refractivity contribution in [3.8, 4) is 28.3 Å². The summed E-state index contributed by atoms with van der Waals surface area (Å²) >= 11 is 0. The van der Waals surface area contributed by atoms with Gasteiger partial charge in [-0.25, -0.2) is 25.3 Å². The zero-order chi connectivity index (χ0) is 75.3. The van der Waals surface area contributed by atoms with Gasteiger partial charge in [-0.1, -0.05) is 134 Å². The van der Waals surface area contributed by atoms with E-state index in [1.807, 2.05) is 102 Å².